The molecule has 0 radical (unpaired) electrons. The molecule has 0 aromatic heterocycles. The molecule has 1 amide bonds. The molecule has 0 N–H and O–H groups in total. The topological polar surface area (TPSA) is 54.5 Å². The maximum atomic E-state index is 12.6. The van der Waals surface area contributed by atoms with Crippen LogP contribution in [0.2, 0.25) is 0 Å². The van der Waals surface area contributed by atoms with Crippen LogP contribution in [0.1, 0.15) is 13.3 Å². The van der Waals surface area contributed by atoms with Crippen molar-refractivity contribution in [1.29, 1.82) is 0 Å². The van der Waals surface area contributed by atoms with Gasteiger partial charge in [0, 0.05) is 18.0 Å². The number of hydrogen-bond acceptors (Lipinski definition) is 4. The predicted molar refractivity (Wildman–Crippen MR) is 99.1 cm³/mol. The molecule has 4 nitrogen and oxygen atoms in total. The second kappa shape index (κ2) is 6.76. The van der Waals surface area contributed by atoms with Crippen LogP contribution < -0.4 is 0 Å². The first kappa shape index (κ1) is 17.3. The highest BCUT2D eigenvalue weighted by molar-refractivity contribution is 8.00. The molecule has 1 aliphatic rings. The molecule has 1 heterocycles. The highest BCUT2D eigenvalue weighted by Crippen LogP contribution is 2.28. The molecule has 2 aromatic carbocycles. The van der Waals surface area contributed by atoms with Crippen LogP contribution in [0.15, 0.2) is 47.4 Å². The molecule has 3 rings (SSSR count). The number of sulfone groups is 1. The van der Waals surface area contributed by atoms with Gasteiger partial charge in [-0.2, -0.15) is 0 Å². The summed E-state index contributed by atoms with van der Waals surface area (Å²) in [6.45, 7) is 1.88. The fourth-order valence-corrected chi connectivity index (χ4v) is 5.83. The van der Waals surface area contributed by atoms with Crippen LogP contribution in [0.4, 0.5) is 0 Å². The summed E-state index contributed by atoms with van der Waals surface area (Å²) in [6.07, 6.45) is 0.540. The van der Waals surface area contributed by atoms with Crippen molar-refractivity contribution in [3.63, 3.8) is 0 Å². The largest absolute Gasteiger partial charge is 0.341 e. The van der Waals surface area contributed by atoms with E-state index >= 15 is 0 Å². The van der Waals surface area contributed by atoms with Gasteiger partial charge in [0.25, 0.3) is 0 Å². The fourth-order valence-electron chi connectivity index (χ4n) is 3.04. The quantitative estimate of drug-likeness (QED) is 0.784. The van der Waals surface area contributed by atoms with E-state index in [9.17, 15) is 13.2 Å². The number of hydrogen-bond donors (Lipinski definition) is 0. The van der Waals surface area contributed by atoms with Crippen molar-refractivity contribution in [1.82, 2.24) is 4.90 Å². The Labute approximate surface area is 147 Å². The van der Waals surface area contributed by atoms with Crippen molar-refractivity contribution in [2.24, 2.45) is 0 Å². The standard InChI is InChI=1S/C18H21NO3S2/c1-13(18(20)19(2)16-9-10-24(21,22)12-16)23-17-8-7-14-5-3-4-6-15(14)11-17/h3-8,11,13,16H,9-10,12H2,1-2H3/t13-,16+/m1/s1. The van der Waals surface area contributed by atoms with Gasteiger partial charge in [-0.05, 0) is 36.2 Å². The van der Waals surface area contributed by atoms with Gasteiger partial charge in [-0.25, -0.2) is 8.42 Å². The summed E-state index contributed by atoms with van der Waals surface area (Å²) in [5.74, 6) is 0.250. The van der Waals surface area contributed by atoms with Gasteiger partial charge >= 0.3 is 0 Å². The molecule has 2 atom stereocenters. The highest BCUT2D eigenvalue weighted by atomic mass is 32.2. The van der Waals surface area contributed by atoms with Crippen LogP contribution in [-0.2, 0) is 14.6 Å². The number of carbonyl (C=O) groups is 1. The van der Waals surface area contributed by atoms with Gasteiger partial charge in [-0.3, -0.25) is 4.79 Å². The van der Waals surface area contributed by atoms with Crippen molar-refractivity contribution >= 4 is 38.3 Å². The van der Waals surface area contributed by atoms with Crippen LogP contribution in [0.3, 0.4) is 0 Å². The number of carbonyl (C=O) groups excluding carboxylic acids is 1. The third-order valence-corrected chi connectivity index (χ3v) is 7.32. The molecule has 1 aliphatic heterocycles. The minimum absolute atomic E-state index is 0.0183. The summed E-state index contributed by atoms with van der Waals surface area (Å²) in [4.78, 5) is 15.3. The van der Waals surface area contributed by atoms with E-state index in [1.54, 1.807) is 11.9 Å². The van der Waals surface area contributed by atoms with Crippen molar-refractivity contribution < 1.29 is 13.2 Å². The fraction of sp³-hybridized carbons (Fsp3) is 0.389. The lowest BCUT2D eigenvalue weighted by atomic mass is 10.1. The van der Waals surface area contributed by atoms with Gasteiger partial charge in [-0.15, -0.1) is 11.8 Å². The smallest absolute Gasteiger partial charge is 0.235 e. The van der Waals surface area contributed by atoms with Crippen molar-refractivity contribution in [2.75, 3.05) is 18.6 Å². The summed E-state index contributed by atoms with van der Waals surface area (Å²) in [6, 6.07) is 14.1. The molecule has 1 fully saturated rings. The Balaban J connectivity index is 1.68. The van der Waals surface area contributed by atoms with Crippen LogP contribution in [0.5, 0.6) is 0 Å². The lowest BCUT2D eigenvalue weighted by molar-refractivity contribution is -0.130. The summed E-state index contributed by atoms with van der Waals surface area (Å²) in [7, 11) is -1.27. The molecule has 0 spiro atoms. The Morgan fingerprint density at radius 1 is 1.21 bits per heavy atom. The SMILES string of the molecule is C[C@@H](Sc1ccc2ccccc2c1)C(=O)N(C)[C@H]1CCS(=O)(=O)C1. The molecule has 0 bridgehead atoms. The average Bonchev–Trinajstić information content (AvgIpc) is 2.93. The lowest BCUT2D eigenvalue weighted by Gasteiger charge is -2.26. The summed E-state index contributed by atoms with van der Waals surface area (Å²) in [5.41, 5.74) is 0. The van der Waals surface area contributed by atoms with Crippen molar-refractivity contribution in [3.05, 3.63) is 42.5 Å². The number of rotatable bonds is 4. The number of thioether (sulfide) groups is 1. The molecule has 0 aliphatic carbocycles. The zero-order valence-electron chi connectivity index (χ0n) is 13.8. The molecule has 128 valence electrons. The molecule has 0 saturated carbocycles. The van der Waals surface area contributed by atoms with Gasteiger partial charge < -0.3 is 4.90 Å². The molecular weight excluding hydrogens is 342 g/mol. The predicted octanol–water partition coefficient (Wildman–Crippen LogP) is 2.97. The van der Waals surface area contributed by atoms with E-state index in [1.165, 1.54) is 17.1 Å². The monoisotopic (exact) mass is 363 g/mol. The third kappa shape index (κ3) is 3.75. The first-order valence-electron chi connectivity index (χ1n) is 7.98. The molecule has 6 heteroatoms. The molecule has 24 heavy (non-hydrogen) atoms. The van der Waals surface area contributed by atoms with E-state index in [1.807, 2.05) is 25.1 Å². The highest BCUT2D eigenvalue weighted by Gasteiger charge is 2.34. The summed E-state index contributed by atoms with van der Waals surface area (Å²) in [5, 5.41) is 2.07. The van der Waals surface area contributed by atoms with Gasteiger partial charge in [0.1, 0.15) is 0 Å². The second-order valence-corrected chi connectivity index (χ2v) is 9.92. The van der Waals surface area contributed by atoms with Gasteiger partial charge in [0.15, 0.2) is 9.84 Å². The number of benzene rings is 2. The Morgan fingerprint density at radius 3 is 2.58 bits per heavy atom. The van der Waals surface area contributed by atoms with Crippen molar-refractivity contribution in [3.8, 4) is 0 Å². The minimum atomic E-state index is -2.98. The molecule has 1 saturated heterocycles. The Morgan fingerprint density at radius 2 is 1.92 bits per heavy atom. The van der Waals surface area contributed by atoms with Crippen LogP contribution in [0.25, 0.3) is 10.8 Å². The Bertz CT molecular complexity index is 863. The number of amides is 1. The Kier molecular flexibility index (Phi) is 4.88. The molecular formula is C18H21NO3S2. The molecule has 2 aromatic rings. The van der Waals surface area contributed by atoms with Crippen LogP contribution >= 0.6 is 11.8 Å². The van der Waals surface area contributed by atoms with Crippen LogP contribution in [-0.4, -0.2) is 49.1 Å². The summed E-state index contributed by atoms with van der Waals surface area (Å²) >= 11 is 1.51. The zero-order chi connectivity index (χ0) is 17.3. The number of fused-ring (bicyclic) bond motifs is 1. The zero-order valence-corrected chi connectivity index (χ0v) is 15.4. The van der Waals surface area contributed by atoms with Crippen LogP contribution in [0, 0.1) is 0 Å². The maximum Gasteiger partial charge on any atom is 0.235 e. The normalized spacial score (nSPS) is 20.8. The van der Waals surface area contributed by atoms with E-state index in [-0.39, 0.29) is 28.7 Å². The first-order valence-corrected chi connectivity index (χ1v) is 10.7. The maximum absolute atomic E-state index is 12.6. The molecule has 0 unspecified atom stereocenters. The van der Waals surface area contributed by atoms with E-state index in [4.69, 9.17) is 0 Å². The van der Waals surface area contributed by atoms with E-state index in [0.29, 0.717) is 6.42 Å². The lowest BCUT2D eigenvalue weighted by Crippen LogP contribution is -2.41. The minimum Gasteiger partial charge on any atom is -0.341 e. The van der Waals surface area contributed by atoms with Gasteiger partial charge in [0.05, 0.1) is 16.8 Å². The van der Waals surface area contributed by atoms with E-state index in [0.717, 1.165) is 10.3 Å². The first-order chi connectivity index (χ1) is 11.4. The van der Waals surface area contributed by atoms with E-state index in [2.05, 4.69) is 24.3 Å². The van der Waals surface area contributed by atoms with E-state index < -0.39 is 9.84 Å². The van der Waals surface area contributed by atoms with Crippen molar-refractivity contribution in [2.45, 2.75) is 29.5 Å². The third-order valence-electron chi connectivity index (χ3n) is 4.49. The second-order valence-electron chi connectivity index (χ2n) is 6.28. The summed E-state index contributed by atoms with van der Waals surface area (Å²) < 4.78 is 23.2. The average molecular weight is 364 g/mol. The Hall–Kier alpha value is -1.53. The van der Waals surface area contributed by atoms with Gasteiger partial charge in [0.2, 0.25) is 5.91 Å². The number of nitrogens with zero attached hydrogens (tertiary/aromatic N) is 1. The van der Waals surface area contributed by atoms with Gasteiger partial charge in [-0.1, -0.05) is 30.3 Å².